The molecule has 0 aliphatic heterocycles. The molecule has 0 unspecified atom stereocenters. The number of sulfone groups is 1. The van der Waals surface area contributed by atoms with E-state index in [1.165, 1.54) is 6.20 Å². The lowest BCUT2D eigenvalue weighted by Crippen LogP contribution is -2.31. The van der Waals surface area contributed by atoms with Gasteiger partial charge in [-0.3, -0.25) is 9.78 Å². The SMILES string of the molecule is Cc1cccc(C(=O)NC[C@@H](c2cccnc2)S(=O)(=O)c2cccs2)c1. The van der Waals surface area contributed by atoms with Crippen LogP contribution in [0.3, 0.4) is 0 Å². The van der Waals surface area contributed by atoms with E-state index in [9.17, 15) is 13.2 Å². The van der Waals surface area contributed by atoms with Crippen molar-refractivity contribution >= 4 is 27.1 Å². The largest absolute Gasteiger partial charge is 0.350 e. The molecule has 0 spiro atoms. The molecule has 0 radical (unpaired) electrons. The van der Waals surface area contributed by atoms with Crippen molar-refractivity contribution in [3.05, 3.63) is 83.0 Å². The first-order chi connectivity index (χ1) is 12.5. The fourth-order valence-electron chi connectivity index (χ4n) is 2.61. The fourth-order valence-corrected chi connectivity index (χ4v) is 5.46. The van der Waals surface area contributed by atoms with Crippen molar-refractivity contribution in [3.8, 4) is 0 Å². The molecule has 3 aromatic rings. The quantitative estimate of drug-likeness (QED) is 0.704. The van der Waals surface area contributed by atoms with Gasteiger partial charge in [0.15, 0.2) is 9.84 Å². The highest BCUT2D eigenvalue weighted by Crippen LogP contribution is 2.30. The summed E-state index contributed by atoms with van der Waals surface area (Å²) in [5, 5.41) is 3.57. The summed E-state index contributed by atoms with van der Waals surface area (Å²) < 4.78 is 26.3. The Kier molecular flexibility index (Phi) is 5.49. The lowest BCUT2D eigenvalue weighted by atomic mass is 10.1. The molecule has 1 amide bonds. The molecule has 0 saturated carbocycles. The second-order valence-corrected chi connectivity index (χ2v) is 9.14. The minimum absolute atomic E-state index is 0.0291. The molecule has 0 aliphatic rings. The summed E-state index contributed by atoms with van der Waals surface area (Å²) in [6.07, 6.45) is 3.11. The monoisotopic (exact) mass is 386 g/mol. The van der Waals surface area contributed by atoms with Crippen LogP contribution >= 0.6 is 11.3 Å². The third-order valence-electron chi connectivity index (χ3n) is 3.93. The van der Waals surface area contributed by atoms with Gasteiger partial charge in [-0.2, -0.15) is 0 Å². The molecule has 7 heteroatoms. The number of pyridine rings is 1. The zero-order valence-electron chi connectivity index (χ0n) is 14.1. The predicted octanol–water partition coefficient (Wildman–Crippen LogP) is 3.40. The van der Waals surface area contributed by atoms with Crippen molar-refractivity contribution < 1.29 is 13.2 Å². The van der Waals surface area contributed by atoms with Gasteiger partial charge in [0.2, 0.25) is 0 Å². The highest BCUT2D eigenvalue weighted by molar-refractivity contribution is 7.93. The van der Waals surface area contributed by atoms with Gasteiger partial charge < -0.3 is 5.32 Å². The van der Waals surface area contributed by atoms with Gasteiger partial charge in [0.25, 0.3) is 5.91 Å². The predicted molar refractivity (Wildman–Crippen MR) is 102 cm³/mol. The van der Waals surface area contributed by atoms with Gasteiger partial charge in [0.1, 0.15) is 9.46 Å². The average Bonchev–Trinajstić information content (AvgIpc) is 3.18. The Hall–Kier alpha value is -2.51. The first kappa shape index (κ1) is 18.3. The molecule has 0 saturated heterocycles. The highest BCUT2D eigenvalue weighted by atomic mass is 32.2. The third kappa shape index (κ3) is 4.00. The number of nitrogens with zero attached hydrogens (tertiary/aromatic N) is 1. The van der Waals surface area contributed by atoms with Crippen molar-refractivity contribution in [3.63, 3.8) is 0 Å². The summed E-state index contributed by atoms with van der Waals surface area (Å²) in [6, 6.07) is 13.8. The number of benzene rings is 1. The number of carbonyl (C=O) groups excluding carboxylic acids is 1. The van der Waals surface area contributed by atoms with Crippen LogP contribution in [-0.2, 0) is 9.84 Å². The molecule has 2 heterocycles. The Bertz CT molecular complexity index is 985. The van der Waals surface area contributed by atoms with Crippen molar-refractivity contribution in [2.45, 2.75) is 16.4 Å². The van der Waals surface area contributed by atoms with Crippen LogP contribution in [0.25, 0.3) is 0 Å². The summed E-state index contributed by atoms with van der Waals surface area (Å²) in [6.45, 7) is 1.87. The van der Waals surface area contributed by atoms with E-state index in [0.717, 1.165) is 16.9 Å². The lowest BCUT2D eigenvalue weighted by Gasteiger charge is -2.18. The number of nitrogens with one attached hydrogen (secondary N) is 1. The smallest absolute Gasteiger partial charge is 0.251 e. The third-order valence-corrected chi connectivity index (χ3v) is 7.47. The van der Waals surface area contributed by atoms with Crippen LogP contribution < -0.4 is 5.32 Å². The number of carbonyl (C=O) groups is 1. The van der Waals surface area contributed by atoms with E-state index < -0.39 is 15.1 Å². The summed E-state index contributed by atoms with van der Waals surface area (Å²) in [5.41, 5.74) is 2.02. The van der Waals surface area contributed by atoms with Crippen LogP contribution in [0.15, 0.2) is 70.5 Å². The molecular weight excluding hydrogens is 368 g/mol. The van der Waals surface area contributed by atoms with Crippen molar-refractivity contribution in [2.75, 3.05) is 6.54 Å². The zero-order chi connectivity index (χ0) is 18.6. The minimum atomic E-state index is -3.63. The van der Waals surface area contributed by atoms with E-state index in [-0.39, 0.29) is 16.7 Å². The van der Waals surface area contributed by atoms with E-state index in [2.05, 4.69) is 10.3 Å². The van der Waals surface area contributed by atoms with Crippen molar-refractivity contribution in [1.29, 1.82) is 0 Å². The molecule has 26 heavy (non-hydrogen) atoms. The molecule has 2 aromatic heterocycles. The molecule has 1 atom stereocenters. The Morgan fingerprint density at radius 1 is 1.19 bits per heavy atom. The number of amides is 1. The maximum atomic E-state index is 13.0. The maximum Gasteiger partial charge on any atom is 0.251 e. The Morgan fingerprint density at radius 2 is 2.04 bits per heavy atom. The van der Waals surface area contributed by atoms with E-state index in [4.69, 9.17) is 0 Å². The fraction of sp³-hybridized carbons (Fsp3) is 0.158. The van der Waals surface area contributed by atoms with Gasteiger partial charge in [-0.25, -0.2) is 8.42 Å². The molecule has 0 aliphatic carbocycles. The lowest BCUT2D eigenvalue weighted by molar-refractivity contribution is 0.0953. The van der Waals surface area contributed by atoms with Gasteiger partial charge in [0.05, 0.1) is 0 Å². The number of thiophene rings is 1. The summed E-state index contributed by atoms with van der Waals surface area (Å²) in [5.74, 6) is -0.302. The van der Waals surface area contributed by atoms with E-state index in [1.807, 2.05) is 13.0 Å². The summed E-state index contributed by atoms with van der Waals surface area (Å²) in [4.78, 5) is 16.5. The van der Waals surface area contributed by atoms with Crippen molar-refractivity contribution in [1.82, 2.24) is 10.3 Å². The minimum Gasteiger partial charge on any atom is -0.350 e. The van der Waals surface area contributed by atoms with Crippen LogP contribution in [0.2, 0.25) is 0 Å². The molecule has 5 nitrogen and oxygen atoms in total. The number of hydrogen-bond acceptors (Lipinski definition) is 5. The molecular formula is C19H18N2O3S2. The molecule has 134 valence electrons. The topological polar surface area (TPSA) is 76.1 Å². The molecule has 1 aromatic carbocycles. The molecule has 0 bridgehead atoms. The van der Waals surface area contributed by atoms with Gasteiger partial charge in [-0.15, -0.1) is 11.3 Å². The van der Waals surface area contributed by atoms with Gasteiger partial charge in [-0.05, 0) is 42.1 Å². The summed E-state index contributed by atoms with van der Waals surface area (Å²) >= 11 is 1.16. The van der Waals surface area contributed by atoms with Crippen LogP contribution in [0, 0.1) is 6.92 Å². The van der Waals surface area contributed by atoms with E-state index >= 15 is 0 Å². The first-order valence-electron chi connectivity index (χ1n) is 8.00. The second-order valence-electron chi connectivity index (χ2n) is 5.83. The van der Waals surface area contributed by atoms with Crippen LogP contribution in [0.4, 0.5) is 0 Å². The van der Waals surface area contributed by atoms with Gasteiger partial charge in [0, 0.05) is 24.5 Å². The van der Waals surface area contributed by atoms with E-state index in [1.54, 1.807) is 54.0 Å². The summed E-state index contributed by atoms with van der Waals surface area (Å²) in [7, 11) is -3.63. The number of hydrogen-bond donors (Lipinski definition) is 1. The molecule has 3 rings (SSSR count). The average molecular weight is 386 g/mol. The number of aromatic nitrogens is 1. The molecule has 1 N–H and O–H groups in total. The van der Waals surface area contributed by atoms with Crippen LogP contribution in [0.1, 0.15) is 26.7 Å². The van der Waals surface area contributed by atoms with Crippen LogP contribution in [0.5, 0.6) is 0 Å². The van der Waals surface area contributed by atoms with Gasteiger partial charge in [-0.1, -0.05) is 29.8 Å². The second kappa shape index (κ2) is 7.80. The highest BCUT2D eigenvalue weighted by Gasteiger charge is 2.30. The Morgan fingerprint density at radius 3 is 2.69 bits per heavy atom. The first-order valence-corrected chi connectivity index (χ1v) is 10.4. The Balaban J connectivity index is 1.87. The maximum absolute atomic E-state index is 13.0. The zero-order valence-corrected chi connectivity index (χ0v) is 15.8. The molecule has 0 fully saturated rings. The van der Waals surface area contributed by atoms with Crippen LogP contribution in [-0.4, -0.2) is 25.9 Å². The standard InChI is InChI=1S/C19H18N2O3S2/c1-14-5-2-6-15(11-14)19(22)21-13-17(16-7-3-9-20-12-16)26(23,24)18-8-4-10-25-18/h2-12,17H,13H2,1H3,(H,21,22)/t17-/m0/s1. The number of rotatable bonds is 6. The normalized spacial score (nSPS) is 12.5. The van der Waals surface area contributed by atoms with Crippen molar-refractivity contribution in [2.24, 2.45) is 0 Å². The number of aryl methyl sites for hydroxylation is 1. The van der Waals surface area contributed by atoms with E-state index in [0.29, 0.717) is 11.1 Å². The van der Waals surface area contributed by atoms with Gasteiger partial charge >= 0.3 is 0 Å². The Labute approximate surface area is 156 Å².